The molecule has 10 atom stereocenters. The van der Waals surface area contributed by atoms with Gasteiger partial charge in [-0.05, 0) is 0 Å². The monoisotopic (exact) mass is 420 g/mol. The van der Waals surface area contributed by atoms with Crippen LogP contribution in [0.1, 0.15) is 0 Å². The van der Waals surface area contributed by atoms with E-state index in [-0.39, 0.29) is 0 Å². The zero-order valence-corrected chi connectivity index (χ0v) is 14.9. The van der Waals surface area contributed by atoms with Gasteiger partial charge in [-0.2, -0.15) is 0 Å². The number of phosphoric acid groups is 1. The summed E-state index contributed by atoms with van der Waals surface area (Å²) in [5, 5.41) is 48.7. The van der Waals surface area contributed by atoms with E-state index in [1.807, 2.05) is 0 Å². The molecule has 2 fully saturated rings. The number of aliphatic hydroxyl groups is 5. The van der Waals surface area contributed by atoms with E-state index in [1.165, 1.54) is 0 Å². The quantitative estimate of drug-likeness (QED) is 0.182. The van der Waals surface area contributed by atoms with Crippen LogP contribution in [0.3, 0.4) is 0 Å². The molecular formula is C12H25N2O12P. The number of rotatable bonds is 6. The lowest BCUT2D eigenvalue weighted by Gasteiger charge is -2.43. The highest BCUT2D eigenvalue weighted by Crippen LogP contribution is 2.41. The maximum Gasteiger partial charge on any atom is 0.470 e. The van der Waals surface area contributed by atoms with Crippen molar-refractivity contribution in [3.63, 3.8) is 0 Å². The molecule has 11 N–H and O–H groups in total. The van der Waals surface area contributed by atoms with Crippen molar-refractivity contribution in [1.82, 2.24) is 0 Å². The fourth-order valence-electron chi connectivity index (χ4n) is 2.82. The summed E-state index contributed by atoms with van der Waals surface area (Å²) >= 11 is 0. The molecule has 160 valence electrons. The lowest BCUT2D eigenvalue weighted by Crippen LogP contribution is -2.64. The Kier molecular flexibility index (Phi) is 7.68. The first kappa shape index (κ1) is 23.0. The van der Waals surface area contributed by atoms with Crippen molar-refractivity contribution in [2.75, 3.05) is 13.2 Å². The van der Waals surface area contributed by atoms with Crippen molar-refractivity contribution in [3.8, 4) is 0 Å². The second-order valence-corrected chi connectivity index (χ2v) is 7.50. The summed E-state index contributed by atoms with van der Waals surface area (Å²) in [5.74, 6) is 0. The Hall–Kier alpha value is -0.290. The van der Waals surface area contributed by atoms with E-state index in [1.54, 1.807) is 0 Å². The van der Waals surface area contributed by atoms with Gasteiger partial charge in [0, 0.05) is 0 Å². The molecule has 15 heteroatoms. The highest BCUT2D eigenvalue weighted by atomic mass is 31.2. The van der Waals surface area contributed by atoms with Gasteiger partial charge in [0.2, 0.25) is 0 Å². The minimum atomic E-state index is -5.00. The molecule has 0 spiro atoms. The number of aliphatic hydroxyl groups excluding tert-OH is 5. The van der Waals surface area contributed by atoms with Crippen LogP contribution in [0.25, 0.3) is 0 Å². The molecule has 0 aromatic carbocycles. The van der Waals surface area contributed by atoms with E-state index in [0.29, 0.717) is 0 Å². The predicted molar refractivity (Wildman–Crippen MR) is 83.5 cm³/mol. The molecule has 0 aromatic rings. The summed E-state index contributed by atoms with van der Waals surface area (Å²) in [5.41, 5.74) is 11.2. The lowest BCUT2D eigenvalue weighted by molar-refractivity contribution is -0.292. The van der Waals surface area contributed by atoms with E-state index in [2.05, 4.69) is 4.52 Å². The molecule has 0 amide bonds. The maximum atomic E-state index is 11.0. The van der Waals surface area contributed by atoms with E-state index in [4.69, 9.17) is 35.5 Å². The Labute approximate surface area is 153 Å². The third-order valence-corrected chi connectivity index (χ3v) is 4.87. The van der Waals surface area contributed by atoms with Gasteiger partial charge in [0.25, 0.3) is 0 Å². The van der Waals surface area contributed by atoms with E-state index in [9.17, 15) is 30.1 Å². The van der Waals surface area contributed by atoms with Crippen molar-refractivity contribution >= 4 is 7.82 Å². The van der Waals surface area contributed by atoms with Crippen LogP contribution < -0.4 is 11.5 Å². The highest BCUT2D eigenvalue weighted by Gasteiger charge is 2.48. The molecule has 0 aromatic heterocycles. The standard InChI is InChI=1S/C12H25N2O12P/c13-5-8(17)7(16)4(24-11(5)19)2-23-12-6(14)9(18)10(3(1-15)25-12)26-27(20,21)22/h3-12,15-19H,1-2,13-14H2,(H2,20,21,22)/t3-,4-,5-,6-,7-,8-,9-,10-,11+,12?/m1/s1. The molecule has 2 heterocycles. The summed E-state index contributed by atoms with van der Waals surface area (Å²) < 4.78 is 31.0. The summed E-state index contributed by atoms with van der Waals surface area (Å²) in [7, 11) is -5.00. The first-order valence-corrected chi connectivity index (χ1v) is 9.50. The third kappa shape index (κ3) is 5.41. The first-order chi connectivity index (χ1) is 12.5. The fourth-order valence-corrected chi connectivity index (χ4v) is 3.40. The van der Waals surface area contributed by atoms with Gasteiger partial charge in [0.05, 0.1) is 25.3 Å². The number of phosphoric ester groups is 1. The van der Waals surface area contributed by atoms with Crippen LogP contribution in [0.4, 0.5) is 0 Å². The van der Waals surface area contributed by atoms with Crippen LogP contribution in [-0.2, 0) is 23.3 Å². The molecule has 0 bridgehead atoms. The SMILES string of the molecule is N[C@@H]1[C@@H](O)[C@H](O)[C@@H](COC2O[C@H](CO)[C@@H](OP(=O)(O)O)[C@H](O)[C@H]2N)O[C@@H]1O. The Morgan fingerprint density at radius 2 is 1.56 bits per heavy atom. The zero-order chi connectivity index (χ0) is 20.5. The van der Waals surface area contributed by atoms with Gasteiger partial charge in [0.15, 0.2) is 12.6 Å². The zero-order valence-electron chi connectivity index (χ0n) is 14.0. The van der Waals surface area contributed by atoms with Crippen molar-refractivity contribution in [2.45, 2.75) is 61.3 Å². The average molecular weight is 420 g/mol. The van der Waals surface area contributed by atoms with Gasteiger partial charge >= 0.3 is 7.82 Å². The number of nitrogens with two attached hydrogens (primary N) is 2. The van der Waals surface area contributed by atoms with Crippen LogP contribution in [0, 0.1) is 0 Å². The lowest BCUT2D eigenvalue weighted by atomic mass is 9.97. The number of hydrogen-bond donors (Lipinski definition) is 9. The van der Waals surface area contributed by atoms with Crippen molar-refractivity contribution in [1.29, 1.82) is 0 Å². The molecule has 14 nitrogen and oxygen atoms in total. The third-order valence-electron chi connectivity index (χ3n) is 4.35. The summed E-state index contributed by atoms with van der Waals surface area (Å²) in [4.78, 5) is 17.8. The van der Waals surface area contributed by atoms with E-state index in [0.717, 1.165) is 0 Å². The molecule has 27 heavy (non-hydrogen) atoms. The van der Waals surface area contributed by atoms with Crippen LogP contribution in [0.5, 0.6) is 0 Å². The molecule has 2 saturated heterocycles. The van der Waals surface area contributed by atoms with Crippen LogP contribution in [0.2, 0.25) is 0 Å². The second kappa shape index (κ2) is 9.02. The Balaban J connectivity index is 2.00. The maximum absolute atomic E-state index is 11.0. The van der Waals surface area contributed by atoms with Gasteiger partial charge in [0.1, 0.15) is 36.6 Å². The summed E-state index contributed by atoms with van der Waals surface area (Å²) in [6.45, 7) is -1.22. The smallest absolute Gasteiger partial charge is 0.394 e. The molecule has 1 unspecified atom stereocenters. The molecule has 2 aliphatic rings. The van der Waals surface area contributed by atoms with Gasteiger partial charge < -0.3 is 61.0 Å². The van der Waals surface area contributed by atoms with E-state index < -0.39 is 82.3 Å². The minimum absolute atomic E-state index is 0.449. The fraction of sp³-hybridized carbons (Fsp3) is 1.00. The van der Waals surface area contributed by atoms with Gasteiger partial charge in [-0.3, -0.25) is 4.52 Å². The summed E-state index contributed by atoms with van der Waals surface area (Å²) in [6.07, 6.45) is -11.8. The summed E-state index contributed by atoms with van der Waals surface area (Å²) in [6, 6.07) is -2.57. The van der Waals surface area contributed by atoms with Gasteiger partial charge in [-0.15, -0.1) is 0 Å². The van der Waals surface area contributed by atoms with Gasteiger partial charge in [-0.1, -0.05) is 0 Å². The molecule has 0 saturated carbocycles. The molecule has 2 rings (SSSR count). The van der Waals surface area contributed by atoms with Crippen LogP contribution >= 0.6 is 7.82 Å². The normalized spacial score (nSPS) is 46.4. The van der Waals surface area contributed by atoms with Crippen molar-refractivity contribution in [3.05, 3.63) is 0 Å². The molecule has 0 aliphatic carbocycles. The largest absolute Gasteiger partial charge is 0.470 e. The van der Waals surface area contributed by atoms with Crippen molar-refractivity contribution in [2.24, 2.45) is 11.5 Å². The molecular weight excluding hydrogens is 395 g/mol. The van der Waals surface area contributed by atoms with Crippen LogP contribution in [-0.4, -0.2) is 110 Å². The molecule has 0 radical (unpaired) electrons. The minimum Gasteiger partial charge on any atom is -0.394 e. The number of hydrogen-bond acceptors (Lipinski definition) is 12. The Morgan fingerprint density at radius 3 is 2.11 bits per heavy atom. The highest BCUT2D eigenvalue weighted by molar-refractivity contribution is 7.46. The predicted octanol–water partition coefficient (Wildman–Crippen LogP) is -5.35. The van der Waals surface area contributed by atoms with Gasteiger partial charge in [-0.25, -0.2) is 4.57 Å². The Bertz CT molecular complexity index is 535. The Morgan fingerprint density at radius 1 is 0.926 bits per heavy atom. The van der Waals surface area contributed by atoms with Crippen LogP contribution in [0.15, 0.2) is 0 Å². The van der Waals surface area contributed by atoms with Crippen molar-refractivity contribution < 1.29 is 58.6 Å². The van der Waals surface area contributed by atoms with E-state index >= 15 is 0 Å². The molecule has 2 aliphatic heterocycles. The first-order valence-electron chi connectivity index (χ1n) is 7.97. The number of ether oxygens (including phenoxy) is 3. The average Bonchev–Trinajstić information content (AvgIpc) is 2.59. The second-order valence-electron chi connectivity index (χ2n) is 6.31. The topological polar surface area (TPSA) is 248 Å².